The van der Waals surface area contributed by atoms with Crippen LogP contribution in [0.15, 0.2) is 42.5 Å². The summed E-state index contributed by atoms with van der Waals surface area (Å²) in [7, 11) is 2.25. The van der Waals surface area contributed by atoms with Gasteiger partial charge < -0.3 is 14.6 Å². The Kier molecular flexibility index (Phi) is 7.16. The number of benzene rings is 2. The molecule has 1 N–H and O–H groups in total. The van der Waals surface area contributed by atoms with Gasteiger partial charge in [0.2, 0.25) is 0 Å². The summed E-state index contributed by atoms with van der Waals surface area (Å²) < 4.78 is 12.6. The number of nitrogens with zero attached hydrogens (tertiary/aromatic N) is 2. The minimum atomic E-state index is -0.827. The molecule has 2 saturated carbocycles. The first-order valence-corrected chi connectivity index (χ1v) is 16.1. The van der Waals surface area contributed by atoms with Gasteiger partial charge in [-0.15, -0.1) is 0 Å². The molecule has 2 aromatic carbocycles. The van der Waals surface area contributed by atoms with E-state index in [0.29, 0.717) is 5.75 Å². The van der Waals surface area contributed by atoms with Crippen LogP contribution in [0.5, 0.6) is 11.5 Å². The first-order chi connectivity index (χ1) is 19.9. The summed E-state index contributed by atoms with van der Waals surface area (Å²) in [6.07, 6.45) is 12.0. The number of carbonyl (C=O) groups excluding carboxylic acids is 1. The monoisotopic (exact) mass is 558 g/mol. The zero-order valence-electron chi connectivity index (χ0n) is 24.8. The highest BCUT2D eigenvalue weighted by molar-refractivity contribution is 5.72. The third kappa shape index (κ3) is 4.61. The first kappa shape index (κ1) is 27.4. The predicted molar refractivity (Wildman–Crippen MR) is 159 cm³/mol. The smallest absolute Gasteiger partial charge is 0.308 e. The number of unbranched alkanes of at least 4 members (excludes halogenated alkanes) is 3. The van der Waals surface area contributed by atoms with E-state index in [4.69, 9.17) is 9.47 Å². The molecule has 2 bridgehead atoms. The highest BCUT2D eigenvalue weighted by Crippen LogP contribution is 2.66. The van der Waals surface area contributed by atoms with Crippen molar-refractivity contribution in [3.05, 3.63) is 59.2 Å². The average molecular weight is 559 g/mol. The van der Waals surface area contributed by atoms with Crippen LogP contribution in [0.4, 0.5) is 0 Å². The van der Waals surface area contributed by atoms with Gasteiger partial charge in [-0.05, 0) is 101 Å². The molecule has 41 heavy (non-hydrogen) atoms. The first-order valence-electron chi connectivity index (χ1n) is 16.1. The van der Waals surface area contributed by atoms with Crippen molar-refractivity contribution in [3.63, 3.8) is 0 Å². The van der Waals surface area contributed by atoms with E-state index in [2.05, 4.69) is 53.2 Å². The average Bonchev–Trinajstić information content (AvgIpc) is 3.70. The van der Waals surface area contributed by atoms with Gasteiger partial charge in [-0.1, -0.05) is 49.2 Å². The summed E-state index contributed by atoms with van der Waals surface area (Å²) in [5.41, 5.74) is 2.56. The van der Waals surface area contributed by atoms with Gasteiger partial charge >= 0.3 is 5.97 Å². The third-order valence-electron chi connectivity index (χ3n) is 11.1. The van der Waals surface area contributed by atoms with E-state index in [0.717, 1.165) is 69.0 Å². The maximum absolute atomic E-state index is 12.8. The van der Waals surface area contributed by atoms with E-state index in [1.807, 2.05) is 6.07 Å². The highest BCUT2D eigenvalue weighted by atomic mass is 16.6. The van der Waals surface area contributed by atoms with Gasteiger partial charge in [-0.25, -0.2) is 0 Å². The number of rotatable bonds is 11. The van der Waals surface area contributed by atoms with Gasteiger partial charge in [0.25, 0.3) is 0 Å². The van der Waals surface area contributed by atoms with E-state index in [9.17, 15) is 9.90 Å². The topological polar surface area (TPSA) is 62.2 Å². The molecule has 1 spiro atoms. The molecular formula is C35H46N2O4. The van der Waals surface area contributed by atoms with E-state index in [1.54, 1.807) is 0 Å². The van der Waals surface area contributed by atoms with Crippen LogP contribution in [-0.2, 0) is 23.1 Å². The molecule has 220 valence electrons. The molecule has 7 rings (SSSR count). The van der Waals surface area contributed by atoms with Crippen LogP contribution in [0, 0.1) is 5.92 Å². The molecule has 6 nitrogen and oxygen atoms in total. The molecule has 5 atom stereocenters. The maximum atomic E-state index is 12.8. The molecule has 0 aromatic heterocycles. The Bertz CT molecular complexity index is 1280. The fraction of sp³-hybridized carbons (Fsp3) is 0.629. The van der Waals surface area contributed by atoms with Crippen LogP contribution in [0.25, 0.3) is 0 Å². The zero-order chi connectivity index (χ0) is 28.2. The molecule has 3 aliphatic carbocycles. The summed E-state index contributed by atoms with van der Waals surface area (Å²) in [5.74, 6) is 1.69. The summed E-state index contributed by atoms with van der Waals surface area (Å²) in [6.45, 7) is 4.58. The van der Waals surface area contributed by atoms with Crippen molar-refractivity contribution in [2.45, 2.75) is 107 Å². The van der Waals surface area contributed by atoms with Crippen molar-refractivity contribution in [1.82, 2.24) is 9.80 Å². The largest absolute Gasteiger partial charge is 0.483 e. The fourth-order valence-corrected chi connectivity index (χ4v) is 8.99. The van der Waals surface area contributed by atoms with Gasteiger partial charge in [0.15, 0.2) is 11.5 Å². The number of ether oxygens (including phenoxy) is 2. The molecule has 2 aliphatic heterocycles. The summed E-state index contributed by atoms with van der Waals surface area (Å²) in [6, 6.07) is 15.2. The fourth-order valence-electron chi connectivity index (χ4n) is 8.99. The van der Waals surface area contributed by atoms with Crippen LogP contribution in [0.2, 0.25) is 0 Å². The minimum Gasteiger partial charge on any atom is -0.483 e. The van der Waals surface area contributed by atoms with Gasteiger partial charge in [-0.2, -0.15) is 0 Å². The van der Waals surface area contributed by atoms with Crippen LogP contribution >= 0.6 is 0 Å². The van der Waals surface area contributed by atoms with Crippen molar-refractivity contribution in [2.24, 2.45) is 5.92 Å². The Hall–Kier alpha value is -2.41. The van der Waals surface area contributed by atoms with E-state index in [1.165, 1.54) is 56.6 Å². The Labute approximate surface area is 245 Å². The normalized spacial score (nSPS) is 31.6. The zero-order valence-corrected chi connectivity index (χ0v) is 24.8. The van der Waals surface area contributed by atoms with E-state index >= 15 is 0 Å². The summed E-state index contributed by atoms with van der Waals surface area (Å²) in [4.78, 5) is 17.1. The Morgan fingerprint density at radius 3 is 2.66 bits per heavy atom. The number of piperidine rings is 1. The number of aryl methyl sites for hydroxylation is 1. The number of hydrogen-bond donors (Lipinski definition) is 1. The number of esters is 1. The lowest BCUT2D eigenvalue weighted by Gasteiger charge is -2.64. The van der Waals surface area contributed by atoms with E-state index < -0.39 is 11.0 Å². The molecule has 0 radical (unpaired) electrons. The number of likely N-dealkylation sites (tertiary alicyclic amines) is 1. The van der Waals surface area contributed by atoms with Gasteiger partial charge in [-0.3, -0.25) is 14.6 Å². The second-order valence-corrected chi connectivity index (χ2v) is 13.6. The molecule has 0 amide bonds. The lowest BCUT2D eigenvalue weighted by molar-refractivity contribution is -0.199. The predicted octanol–water partition coefficient (Wildman–Crippen LogP) is 5.28. The number of hydrogen-bond acceptors (Lipinski definition) is 6. The van der Waals surface area contributed by atoms with Crippen molar-refractivity contribution < 1.29 is 19.4 Å². The molecule has 5 aliphatic rings. The summed E-state index contributed by atoms with van der Waals surface area (Å²) in [5, 5.41) is 12.8. The van der Waals surface area contributed by atoms with Crippen LogP contribution < -0.4 is 9.47 Å². The van der Waals surface area contributed by atoms with Crippen molar-refractivity contribution in [1.29, 1.82) is 0 Å². The second kappa shape index (κ2) is 10.7. The van der Waals surface area contributed by atoms with Gasteiger partial charge in [0, 0.05) is 31.1 Å². The number of aliphatic hydroxyl groups is 1. The van der Waals surface area contributed by atoms with Crippen molar-refractivity contribution in [3.8, 4) is 11.5 Å². The Morgan fingerprint density at radius 1 is 1.07 bits per heavy atom. The summed E-state index contributed by atoms with van der Waals surface area (Å²) >= 11 is 0. The maximum Gasteiger partial charge on any atom is 0.308 e. The molecule has 3 fully saturated rings. The van der Waals surface area contributed by atoms with Crippen LogP contribution in [-0.4, -0.2) is 71.3 Å². The Morgan fingerprint density at radius 2 is 1.88 bits per heavy atom. The standard InChI is InChI=1S/C35H46N2O4/c1-24(38)40-29-16-15-27-22-30-35(39)18-17-28(36(2)20-9-4-3-6-10-25-11-7-5-8-12-25)33-34(35,31(27)32(29)41-33)19-21-37(30)23-26-13-14-26/h5,7-8,11-12,15-16,26,28,30,33,39H,3-4,6,9-10,13-14,17-23H2,1-2H3/t28-,30+,33-,34-,35+/m0/s1. The highest BCUT2D eigenvalue weighted by Gasteiger charge is 2.73. The van der Waals surface area contributed by atoms with Gasteiger partial charge in [0.1, 0.15) is 6.10 Å². The number of likely N-dealkylation sites (N-methyl/N-ethyl adjacent to an activating group) is 1. The molecule has 2 heterocycles. The SMILES string of the molecule is CC(=O)Oc1ccc2c3c1O[C@H]1[C@@H](N(C)CCCCCCc4ccccc4)CC[C@@]4(O)[C@@H](C2)N(CC2CC2)CC[C@]314. The molecule has 0 unspecified atom stereocenters. The molecule has 1 saturated heterocycles. The number of carbonyl (C=O) groups is 1. The molecule has 2 aromatic rings. The second-order valence-electron chi connectivity index (χ2n) is 13.6. The van der Waals surface area contributed by atoms with Crippen LogP contribution in [0.1, 0.15) is 81.4 Å². The Balaban J connectivity index is 1.11. The van der Waals surface area contributed by atoms with Gasteiger partial charge in [0.05, 0.1) is 11.0 Å². The molecular weight excluding hydrogens is 512 g/mol. The minimum absolute atomic E-state index is 0.122. The van der Waals surface area contributed by atoms with Crippen molar-refractivity contribution >= 4 is 5.97 Å². The third-order valence-corrected chi connectivity index (χ3v) is 11.1. The molecule has 6 heteroatoms. The van der Waals surface area contributed by atoms with Crippen molar-refractivity contribution in [2.75, 3.05) is 26.7 Å². The van der Waals surface area contributed by atoms with Crippen LogP contribution in [0.3, 0.4) is 0 Å². The lowest BCUT2D eigenvalue weighted by Crippen LogP contribution is -2.78. The van der Waals surface area contributed by atoms with E-state index in [-0.39, 0.29) is 24.2 Å². The quantitative estimate of drug-likeness (QED) is 0.230. The lowest BCUT2D eigenvalue weighted by atomic mass is 9.48.